The van der Waals surface area contributed by atoms with Crippen LogP contribution in [0, 0.1) is 5.92 Å². The monoisotopic (exact) mass is 372 g/mol. The highest BCUT2D eigenvalue weighted by molar-refractivity contribution is 6.29. The lowest BCUT2D eigenvalue weighted by Crippen LogP contribution is -2.23. The van der Waals surface area contributed by atoms with E-state index in [0.29, 0.717) is 23.1 Å². The van der Waals surface area contributed by atoms with Crippen LogP contribution in [0.25, 0.3) is 11.1 Å². The average molecular weight is 373 g/mol. The quantitative estimate of drug-likeness (QED) is 0.682. The summed E-state index contributed by atoms with van der Waals surface area (Å²) in [5.41, 5.74) is 7.88. The fourth-order valence-corrected chi connectivity index (χ4v) is 2.97. The van der Waals surface area contributed by atoms with Crippen molar-refractivity contribution < 1.29 is 9.15 Å². The fraction of sp³-hybridized carbons (Fsp3) is 0.300. The number of nitrogens with two attached hydrogens (primary N) is 1. The van der Waals surface area contributed by atoms with E-state index in [1.807, 2.05) is 38.1 Å². The third-order valence-electron chi connectivity index (χ3n) is 4.39. The average Bonchev–Trinajstić information content (AvgIpc) is 2.63. The number of fused-ring (bicyclic) bond motifs is 1. The Morgan fingerprint density at radius 1 is 1.27 bits per heavy atom. The maximum absolute atomic E-state index is 13.1. The molecule has 2 aromatic heterocycles. The van der Waals surface area contributed by atoms with Crippen molar-refractivity contribution in [1.29, 1.82) is 0 Å². The van der Waals surface area contributed by atoms with Crippen LogP contribution >= 0.6 is 11.6 Å². The van der Waals surface area contributed by atoms with Gasteiger partial charge in [0.25, 0.3) is 0 Å². The molecular formula is C20H21ClN2O3. The predicted molar refractivity (Wildman–Crippen MR) is 103 cm³/mol. The molecule has 3 rings (SSSR count). The van der Waals surface area contributed by atoms with Crippen molar-refractivity contribution in [1.82, 2.24) is 4.98 Å². The summed E-state index contributed by atoms with van der Waals surface area (Å²) in [6.07, 6.45) is 0.397. The second kappa shape index (κ2) is 7.48. The lowest BCUT2D eigenvalue weighted by Gasteiger charge is -2.18. The molecular weight excluding hydrogens is 352 g/mol. The molecule has 1 atom stereocenters. The third kappa shape index (κ3) is 3.59. The predicted octanol–water partition coefficient (Wildman–Crippen LogP) is 4.10. The Hall–Kier alpha value is -2.37. The Kier molecular flexibility index (Phi) is 5.30. The van der Waals surface area contributed by atoms with Gasteiger partial charge in [-0.15, -0.1) is 0 Å². The van der Waals surface area contributed by atoms with Gasteiger partial charge in [0.2, 0.25) is 5.71 Å². The van der Waals surface area contributed by atoms with E-state index in [4.69, 9.17) is 26.5 Å². The first-order chi connectivity index (χ1) is 12.4. The van der Waals surface area contributed by atoms with Gasteiger partial charge in [-0.25, -0.2) is 4.98 Å². The van der Waals surface area contributed by atoms with E-state index < -0.39 is 6.04 Å². The number of hydrogen-bond acceptors (Lipinski definition) is 5. The summed E-state index contributed by atoms with van der Waals surface area (Å²) in [5.74, 6) is 1.28. The van der Waals surface area contributed by atoms with Crippen molar-refractivity contribution in [2.75, 3.05) is 7.11 Å². The maximum Gasteiger partial charge on any atom is 0.231 e. The molecule has 6 heteroatoms. The first kappa shape index (κ1) is 18.4. The van der Waals surface area contributed by atoms with Crippen LogP contribution in [0.15, 0.2) is 45.6 Å². The molecule has 1 aromatic carbocycles. The standard InChI is InChI=1S/C20H21ClN2O3/c1-11(2)17(22)19-15(10-12-5-4-6-13(9-12)25-3)18(24)14-7-8-16(21)23-20(14)26-19/h4-9,11,17H,10,22H2,1-3H3. The first-order valence-corrected chi connectivity index (χ1v) is 8.79. The molecule has 0 spiro atoms. The minimum absolute atomic E-state index is 0.0962. The summed E-state index contributed by atoms with van der Waals surface area (Å²) < 4.78 is 11.2. The van der Waals surface area contributed by atoms with E-state index in [1.54, 1.807) is 19.2 Å². The lowest BCUT2D eigenvalue weighted by atomic mass is 9.94. The van der Waals surface area contributed by atoms with Gasteiger partial charge in [0, 0.05) is 12.0 Å². The minimum Gasteiger partial charge on any atom is -0.497 e. The summed E-state index contributed by atoms with van der Waals surface area (Å²) in [7, 11) is 1.61. The molecule has 0 bridgehead atoms. The van der Waals surface area contributed by atoms with Gasteiger partial charge in [-0.3, -0.25) is 4.79 Å². The van der Waals surface area contributed by atoms with Gasteiger partial charge in [-0.05, 0) is 35.7 Å². The van der Waals surface area contributed by atoms with Crippen molar-refractivity contribution in [3.05, 3.63) is 68.7 Å². The van der Waals surface area contributed by atoms with Crippen LogP contribution in [-0.4, -0.2) is 12.1 Å². The molecule has 0 saturated heterocycles. The van der Waals surface area contributed by atoms with Crippen LogP contribution in [0.3, 0.4) is 0 Å². The molecule has 0 saturated carbocycles. The highest BCUT2D eigenvalue weighted by Gasteiger charge is 2.23. The summed E-state index contributed by atoms with van der Waals surface area (Å²) in [6, 6.07) is 10.4. The smallest absolute Gasteiger partial charge is 0.231 e. The van der Waals surface area contributed by atoms with E-state index in [2.05, 4.69) is 4.98 Å². The number of halogens is 1. The molecule has 0 amide bonds. The fourth-order valence-electron chi connectivity index (χ4n) is 2.83. The van der Waals surface area contributed by atoms with Gasteiger partial charge in [-0.1, -0.05) is 37.6 Å². The van der Waals surface area contributed by atoms with Gasteiger partial charge in [0.1, 0.15) is 16.7 Å². The van der Waals surface area contributed by atoms with Crippen LogP contribution in [0.2, 0.25) is 5.15 Å². The van der Waals surface area contributed by atoms with Crippen molar-refractivity contribution >= 4 is 22.7 Å². The van der Waals surface area contributed by atoms with E-state index in [0.717, 1.165) is 11.3 Å². The summed E-state index contributed by atoms with van der Waals surface area (Å²) in [5, 5.41) is 0.664. The number of nitrogens with zero attached hydrogens (tertiary/aromatic N) is 1. The molecule has 0 fully saturated rings. The Balaban J connectivity index is 2.20. The molecule has 2 heterocycles. The van der Waals surface area contributed by atoms with E-state index >= 15 is 0 Å². The molecule has 0 aliphatic rings. The lowest BCUT2D eigenvalue weighted by molar-refractivity contribution is 0.402. The van der Waals surface area contributed by atoms with Crippen molar-refractivity contribution in [2.45, 2.75) is 26.3 Å². The topological polar surface area (TPSA) is 78.3 Å². The largest absolute Gasteiger partial charge is 0.497 e. The van der Waals surface area contributed by atoms with Gasteiger partial charge < -0.3 is 14.9 Å². The van der Waals surface area contributed by atoms with Crippen LogP contribution in [0.5, 0.6) is 5.75 Å². The van der Waals surface area contributed by atoms with Crippen molar-refractivity contribution in [3.63, 3.8) is 0 Å². The first-order valence-electron chi connectivity index (χ1n) is 8.41. The van der Waals surface area contributed by atoms with Gasteiger partial charge in [0.15, 0.2) is 5.43 Å². The van der Waals surface area contributed by atoms with Crippen LogP contribution in [0.1, 0.15) is 36.8 Å². The zero-order chi connectivity index (χ0) is 18.8. The van der Waals surface area contributed by atoms with Crippen LogP contribution < -0.4 is 15.9 Å². The number of hydrogen-bond donors (Lipinski definition) is 1. The minimum atomic E-state index is -0.423. The Morgan fingerprint density at radius 3 is 2.73 bits per heavy atom. The molecule has 2 N–H and O–H groups in total. The molecule has 5 nitrogen and oxygen atoms in total. The summed E-state index contributed by atoms with van der Waals surface area (Å²) in [4.78, 5) is 17.3. The van der Waals surface area contributed by atoms with Gasteiger partial charge >= 0.3 is 0 Å². The van der Waals surface area contributed by atoms with Gasteiger partial charge in [0.05, 0.1) is 18.5 Å². The highest BCUT2D eigenvalue weighted by atomic mass is 35.5. The van der Waals surface area contributed by atoms with Crippen molar-refractivity contribution in [2.24, 2.45) is 11.7 Å². The Bertz CT molecular complexity index is 998. The summed E-state index contributed by atoms with van der Waals surface area (Å²) in [6.45, 7) is 3.96. The number of rotatable bonds is 5. The third-order valence-corrected chi connectivity index (χ3v) is 4.60. The van der Waals surface area contributed by atoms with Crippen LogP contribution in [-0.2, 0) is 6.42 Å². The highest BCUT2D eigenvalue weighted by Crippen LogP contribution is 2.27. The number of ether oxygens (including phenoxy) is 1. The number of methoxy groups -OCH3 is 1. The number of aromatic nitrogens is 1. The van der Waals surface area contributed by atoms with E-state index in [-0.39, 0.29) is 22.2 Å². The number of pyridine rings is 1. The van der Waals surface area contributed by atoms with E-state index in [9.17, 15) is 4.79 Å². The molecule has 0 aliphatic carbocycles. The Labute approximate surface area is 156 Å². The molecule has 136 valence electrons. The van der Waals surface area contributed by atoms with Crippen LogP contribution in [0.4, 0.5) is 0 Å². The molecule has 1 unspecified atom stereocenters. The zero-order valence-corrected chi connectivity index (χ0v) is 15.7. The molecule has 0 aliphatic heterocycles. The zero-order valence-electron chi connectivity index (χ0n) is 15.0. The van der Waals surface area contributed by atoms with Gasteiger partial charge in [-0.2, -0.15) is 0 Å². The number of benzene rings is 1. The molecule has 0 radical (unpaired) electrons. The van der Waals surface area contributed by atoms with Crippen molar-refractivity contribution in [3.8, 4) is 5.75 Å². The van der Waals surface area contributed by atoms with E-state index in [1.165, 1.54) is 0 Å². The summed E-state index contributed by atoms with van der Waals surface area (Å²) >= 11 is 5.95. The molecule has 3 aromatic rings. The second-order valence-corrected chi connectivity index (χ2v) is 6.95. The molecule has 26 heavy (non-hydrogen) atoms. The second-order valence-electron chi connectivity index (χ2n) is 6.56. The Morgan fingerprint density at radius 2 is 2.04 bits per heavy atom. The maximum atomic E-state index is 13.1. The SMILES string of the molecule is COc1cccc(Cc2c(C(N)C(C)C)oc3nc(Cl)ccc3c2=O)c1. The normalized spacial score (nSPS) is 12.5.